The maximum atomic E-state index is 3.34. The van der Waals surface area contributed by atoms with Crippen LogP contribution in [0.1, 0.15) is 40.5 Å². The van der Waals surface area contributed by atoms with Gasteiger partial charge >= 0.3 is 28.4 Å². The fraction of sp³-hybridized carbons (Fsp3) is 0.400. The van der Waals surface area contributed by atoms with Crippen LogP contribution in [0.25, 0.3) is 0 Å². The Balaban J connectivity index is -0.000000200. The van der Waals surface area contributed by atoms with Gasteiger partial charge in [0.1, 0.15) is 0 Å². The summed E-state index contributed by atoms with van der Waals surface area (Å²) in [5.74, 6) is 0. The molecule has 0 aliphatic heterocycles. The molecule has 0 aromatic rings. The molecule has 3 heteroatoms. The number of hydrogen-bond acceptors (Lipinski definition) is 0. The van der Waals surface area contributed by atoms with Gasteiger partial charge in [-0.05, 0) is 0 Å². The third-order valence-electron chi connectivity index (χ3n) is 2.48. The molecule has 0 fully saturated rings. The van der Waals surface area contributed by atoms with Gasteiger partial charge in [-0.1, -0.05) is 20.8 Å². The van der Waals surface area contributed by atoms with Crippen LogP contribution in [0.5, 0.6) is 0 Å². The number of hydrogen-bond donors (Lipinski definition) is 0. The molecule has 0 aromatic heterocycles. The molecule has 0 radical (unpaired) electrons. The van der Waals surface area contributed by atoms with Crippen LogP contribution < -0.4 is 0 Å². The molecule has 0 spiro atoms. The molecule has 0 saturated heterocycles. The Morgan fingerprint density at radius 3 is 1.72 bits per heavy atom. The van der Waals surface area contributed by atoms with Crippen LogP contribution in [0.2, 0.25) is 0 Å². The Morgan fingerprint density at radius 2 is 1.61 bits per heavy atom. The van der Waals surface area contributed by atoms with Crippen LogP contribution in [-0.4, -0.2) is 4.21 Å². The molecular weight excluding hydrogens is 342 g/mol. The Morgan fingerprint density at radius 1 is 1.06 bits per heavy atom. The fourth-order valence-corrected chi connectivity index (χ4v) is 1.40. The van der Waals surface area contributed by atoms with Gasteiger partial charge in [-0.3, -0.25) is 12.2 Å². The van der Waals surface area contributed by atoms with Crippen molar-refractivity contribution in [2.45, 2.75) is 40.5 Å². The summed E-state index contributed by atoms with van der Waals surface area (Å²) in [5, 5.41) is 0. The molecule has 0 atom stereocenters. The molecular formula is C15H22Cl2Zr. The molecule has 0 bridgehead atoms. The topological polar surface area (TPSA) is 0 Å². The van der Waals surface area contributed by atoms with Gasteiger partial charge in [0.25, 0.3) is 0 Å². The van der Waals surface area contributed by atoms with E-state index >= 15 is 0 Å². The molecule has 0 N–H and O–H groups in total. The predicted octanol–water partition coefficient (Wildman–Crippen LogP) is 4.98. The van der Waals surface area contributed by atoms with Gasteiger partial charge < -0.3 is 0 Å². The zero-order valence-electron chi connectivity index (χ0n) is 11.6. The van der Waals surface area contributed by atoms with Gasteiger partial charge in [-0.15, -0.1) is 44.6 Å². The molecule has 2 rings (SSSR count). The van der Waals surface area contributed by atoms with Gasteiger partial charge in [0.15, 0.2) is 0 Å². The van der Waals surface area contributed by atoms with Crippen molar-refractivity contribution in [3.8, 4) is 0 Å². The van der Waals surface area contributed by atoms with Crippen LogP contribution >= 0.6 is 24.8 Å². The quantitative estimate of drug-likeness (QED) is 0.532. The first-order valence-corrected chi connectivity index (χ1v) is 7.18. The van der Waals surface area contributed by atoms with Crippen molar-refractivity contribution in [3.05, 3.63) is 46.6 Å². The molecule has 0 heterocycles. The average molecular weight is 364 g/mol. The van der Waals surface area contributed by atoms with Crippen molar-refractivity contribution >= 4 is 29.0 Å². The summed E-state index contributed by atoms with van der Waals surface area (Å²) in [6.45, 7) is 8.42. The summed E-state index contributed by atoms with van der Waals surface area (Å²) >= 11 is 1.30. The predicted molar refractivity (Wildman–Crippen MR) is 83.2 cm³/mol. The van der Waals surface area contributed by atoms with E-state index in [9.17, 15) is 0 Å². The van der Waals surface area contributed by atoms with E-state index in [4.69, 9.17) is 0 Å². The van der Waals surface area contributed by atoms with E-state index in [1.807, 2.05) is 0 Å². The minimum atomic E-state index is 0. The summed E-state index contributed by atoms with van der Waals surface area (Å²) in [6.07, 6.45) is 12.8. The average Bonchev–Trinajstić information content (AvgIpc) is 2.81. The Bertz CT molecular complexity index is 334. The van der Waals surface area contributed by atoms with Gasteiger partial charge in [-0.2, -0.15) is 11.6 Å². The zero-order valence-corrected chi connectivity index (χ0v) is 15.7. The van der Waals surface area contributed by atoms with Crippen molar-refractivity contribution in [2.24, 2.45) is 0 Å². The monoisotopic (exact) mass is 362 g/mol. The van der Waals surface area contributed by atoms with Gasteiger partial charge in [0, 0.05) is 0 Å². The first-order chi connectivity index (χ1) is 7.59. The first kappa shape index (κ1) is 23.4. The molecule has 2 aliphatic rings. The van der Waals surface area contributed by atoms with Crippen molar-refractivity contribution in [3.63, 3.8) is 0 Å². The fourth-order valence-electron chi connectivity index (χ4n) is 1.40. The summed E-state index contributed by atoms with van der Waals surface area (Å²) in [4.78, 5) is 0. The summed E-state index contributed by atoms with van der Waals surface area (Å²) < 4.78 is 3.34. The number of allylic oxidation sites excluding steroid dienone is 8. The molecule has 0 unspecified atom stereocenters. The van der Waals surface area contributed by atoms with Crippen LogP contribution in [0.3, 0.4) is 0 Å². The molecule has 100 valence electrons. The third kappa shape index (κ3) is 10.2. The number of halogens is 2. The minimum absolute atomic E-state index is 0. The van der Waals surface area contributed by atoms with Crippen molar-refractivity contribution in [1.82, 2.24) is 0 Å². The normalized spacial score (nSPS) is 15.2. The van der Waals surface area contributed by atoms with Crippen molar-refractivity contribution in [2.75, 3.05) is 0 Å². The standard InChI is InChI=1S/2C7H9.CH2.2ClH.Zr/c1-6-3-4-7(2)5-6;1-6-4-3-5-7(6)2;;;;/h5H,3H2,1-2H3;4H,3H2,1-2H3;1H2;2*1H;/q2*-1;;;;+2. The zero-order chi connectivity index (χ0) is 12.6. The van der Waals surface area contributed by atoms with Crippen LogP contribution in [0, 0.1) is 12.2 Å². The summed E-state index contributed by atoms with van der Waals surface area (Å²) in [7, 11) is 0. The second kappa shape index (κ2) is 13.7. The van der Waals surface area contributed by atoms with Gasteiger partial charge in [0.05, 0.1) is 0 Å². The van der Waals surface area contributed by atoms with Crippen molar-refractivity contribution < 1.29 is 24.2 Å². The van der Waals surface area contributed by atoms with E-state index < -0.39 is 0 Å². The SMILES string of the molecule is CC1=[C-]CC(C)=C1.CC1=[C-]CC=C1C.Cl.Cl.[CH2]=[Zr+2]. The van der Waals surface area contributed by atoms with E-state index in [0.717, 1.165) is 12.8 Å². The van der Waals surface area contributed by atoms with E-state index in [1.165, 1.54) is 46.5 Å². The van der Waals surface area contributed by atoms with Crippen LogP contribution in [0.15, 0.2) is 34.4 Å². The Labute approximate surface area is 139 Å². The molecule has 0 saturated carbocycles. The van der Waals surface area contributed by atoms with Crippen LogP contribution in [0.4, 0.5) is 0 Å². The van der Waals surface area contributed by atoms with Crippen molar-refractivity contribution in [1.29, 1.82) is 0 Å². The van der Waals surface area contributed by atoms with E-state index in [2.05, 4.69) is 56.2 Å². The molecule has 0 amide bonds. The Kier molecular flexibility index (Phi) is 17.8. The second-order valence-corrected chi connectivity index (χ2v) is 3.92. The van der Waals surface area contributed by atoms with Gasteiger partial charge in [0.2, 0.25) is 0 Å². The number of rotatable bonds is 0. The summed E-state index contributed by atoms with van der Waals surface area (Å²) in [5.41, 5.74) is 5.43. The second-order valence-electron chi connectivity index (χ2n) is 3.92. The van der Waals surface area contributed by atoms with Gasteiger partial charge in [-0.25, -0.2) is 22.8 Å². The molecule has 0 nitrogen and oxygen atoms in total. The maximum absolute atomic E-state index is 3.34. The molecule has 2 aliphatic carbocycles. The summed E-state index contributed by atoms with van der Waals surface area (Å²) in [6, 6.07) is 0. The Hall–Kier alpha value is 0.293. The van der Waals surface area contributed by atoms with Crippen LogP contribution in [-0.2, 0) is 24.2 Å². The molecule has 0 aromatic carbocycles. The first-order valence-electron chi connectivity index (χ1n) is 5.44. The van der Waals surface area contributed by atoms with E-state index in [0.29, 0.717) is 0 Å². The third-order valence-corrected chi connectivity index (χ3v) is 2.48. The van der Waals surface area contributed by atoms with E-state index in [1.54, 1.807) is 0 Å². The molecule has 18 heavy (non-hydrogen) atoms. The van der Waals surface area contributed by atoms with E-state index in [-0.39, 0.29) is 24.8 Å².